The van der Waals surface area contributed by atoms with Crippen LogP contribution in [0, 0.1) is 0 Å². The van der Waals surface area contributed by atoms with Crippen LogP contribution in [-0.2, 0) is 9.53 Å². The van der Waals surface area contributed by atoms with Gasteiger partial charge >= 0.3 is 0 Å². The first-order valence-corrected chi connectivity index (χ1v) is 4.24. The highest BCUT2D eigenvalue weighted by Gasteiger charge is 1.97. The number of ether oxygens (including phenoxy) is 1. The zero-order valence-corrected chi connectivity index (χ0v) is 7.81. The van der Waals surface area contributed by atoms with E-state index in [1.54, 1.807) is 30.5 Å². The van der Waals surface area contributed by atoms with Crippen molar-refractivity contribution in [3.05, 3.63) is 42.4 Å². The monoisotopic (exact) mass is 192 g/mol. The molecule has 1 aromatic heterocycles. The average molecular weight is 192 g/mol. The van der Waals surface area contributed by atoms with E-state index in [0.29, 0.717) is 17.9 Å². The molecule has 0 radical (unpaired) electrons. The standard InChI is InChI=1S/C11H12O3/c1-2-5-13-9-10(8-12)7-11-4-3-6-14-11/h2-4,6-8H,1,5,9H2/b10-7-. The summed E-state index contributed by atoms with van der Waals surface area (Å²) in [5.41, 5.74) is 0.543. The molecule has 0 amide bonds. The van der Waals surface area contributed by atoms with E-state index < -0.39 is 0 Å². The fourth-order valence-corrected chi connectivity index (χ4v) is 0.926. The van der Waals surface area contributed by atoms with Crippen LogP contribution in [0.2, 0.25) is 0 Å². The van der Waals surface area contributed by atoms with Gasteiger partial charge in [-0.15, -0.1) is 6.58 Å². The van der Waals surface area contributed by atoms with Crippen LogP contribution >= 0.6 is 0 Å². The zero-order chi connectivity index (χ0) is 10.2. The molecule has 14 heavy (non-hydrogen) atoms. The molecule has 0 aliphatic carbocycles. The maximum absolute atomic E-state index is 10.6. The molecular formula is C11H12O3. The second kappa shape index (κ2) is 5.94. The summed E-state index contributed by atoms with van der Waals surface area (Å²) in [6.07, 6.45) is 5.59. The summed E-state index contributed by atoms with van der Waals surface area (Å²) in [7, 11) is 0. The van der Waals surface area contributed by atoms with Crippen molar-refractivity contribution >= 4 is 12.4 Å². The summed E-state index contributed by atoms with van der Waals surface area (Å²) in [5, 5.41) is 0. The molecule has 3 heteroatoms. The Bertz CT molecular complexity index is 309. The van der Waals surface area contributed by atoms with Gasteiger partial charge < -0.3 is 9.15 Å². The van der Waals surface area contributed by atoms with E-state index in [2.05, 4.69) is 6.58 Å². The van der Waals surface area contributed by atoms with Crippen LogP contribution in [0.5, 0.6) is 0 Å². The molecule has 0 aliphatic heterocycles. The van der Waals surface area contributed by atoms with E-state index >= 15 is 0 Å². The molecule has 0 aromatic carbocycles. The Kier molecular flexibility index (Phi) is 4.44. The highest BCUT2D eigenvalue weighted by molar-refractivity contribution is 5.81. The largest absolute Gasteiger partial charge is 0.465 e. The molecule has 1 heterocycles. The molecule has 1 aromatic rings. The van der Waals surface area contributed by atoms with Crippen LogP contribution in [0.3, 0.4) is 0 Å². The van der Waals surface area contributed by atoms with Crippen LogP contribution in [0.25, 0.3) is 6.08 Å². The number of carbonyl (C=O) groups excluding carboxylic acids is 1. The molecule has 3 nitrogen and oxygen atoms in total. The van der Waals surface area contributed by atoms with Gasteiger partial charge in [-0.05, 0) is 18.2 Å². The lowest BCUT2D eigenvalue weighted by molar-refractivity contribution is -0.105. The molecule has 0 spiro atoms. The van der Waals surface area contributed by atoms with Crippen LogP contribution in [-0.4, -0.2) is 19.5 Å². The van der Waals surface area contributed by atoms with Crippen LogP contribution in [0.15, 0.2) is 41.0 Å². The van der Waals surface area contributed by atoms with Crippen LogP contribution < -0.4 is 0 Å². The maximum atomic E-state index is 10.6. The number of hydrogen-bond acceptors (Lipinski definition) is 3. The molecule has 0 unspecified atom stereocenters. The van der Waals surface area contributed by atoms with Crippen LogP contribution in [0.1, 0.15) is 5.76 Å². The summed E-state index contributed by atoms with van der Waals surface area (Å²) >= 11 is 0. The third kappa shape index (κ3) is 3.41. The molecular weight excluding hydrogens is 180 g/mol. The van der Waals surface area contributed by atoms with Gasteiger partial charge in [0, 0.05) is 5.57 Å². The van der Waals surface area contributed by atoms with Crippen LogP contribution in [0.4, 0.5) is 0 Å². The second-order valence-electron chi connectivity index (χ2n) is 2.66. The van der Waals surface area contributed by atoms with Crippen molar-refractivity contribution in [2.45, 2.75) is 0 Å². The quantitative estimate of drug-likeness (QED) is 0.300. The Labute approximate surface area is 82.7 Å². The third-order valence-corrected chi connectivity index (χ3v) is 1.53. The molecule has 0 aliphatic rings. The summed E-state index contributed by atoms with van der Waals surface area (Å²) in [4.78, 5) is 10.6. The van der Waals surface area contributed by atoms with Gasteiger partial charge in [-0.2, -0.15) is 0 Å². The summed E-state index contributed by atoms with van der Waals surface area (Å²) < 4.78 is 10.2. The van der Waals surface area contributed by atoms with Gasteiger partial charge in [-0.25, -0.2) is 0 Å². The van der Waals surface area contributed by atoms with E-state index in [1.165, 1.54) is 0 Å². The lowest BCUT2D eigenvalue weighted by Gasteiger charge is -1.98. The highest BCUT2D eigenvalue weighted by atomic mass is 16.5. The van der Waals surface area contributed by atoms with E-state index in [4.69, 9.17) is 9.15 Å². The van der Waals surface area contributed by atoms with Crippen molar-refractivity contribution in [1.29, 1.82) is 0 Å². The first kappa shape index (κ1) is 10.5. The number of aldehydes is 1. The molecule has 1 rings (SSSR count). The number of furan rings is 1. The topological polar surface area (TPSA) is 39.4 Å². The van der Waals surface area contributed by atoms with Gasteiger partial charge in [0.2, 0.25) is 0 Å². The molecule has 0 N–H and O–H groups in total. The fraction of sp³-hybridized carbons (Fsp3) is 0.182. The van der Waals surface area contributed by atoms with Crippen molar-refractivity contribution in [1.82, 2.24) is 0 Å². The zero-order valence-electron chi connectivity index (χ0n) is 7.81. The normalized spacial score (nSPS) is 11.3. The van der Waals surface area contributed by atoms with Gasteiger partial charge in [0.25, 0.3) is 0 Å². The average Bonchev–Trinajstić information content (AvgIpc) is 2.69. The first-order valence-electron chi connectivity index (χ1n) is 4.24. The smallest absolute Gasteiger partial charge is 0.148 e. The van der Waals surface area contributed by atoms with Gasteiger partial charge in [-0.1, -0.05) is 6.08 Å². The van der Waals surface area contributed by atoms with E-state index in [-0.39, 0.29) is 6.61 Å². The van der Waals surface area contributed by atoms with E-state index in [9.17, 15) is 4.79 Å². The Hall–Kier alpha value is -1.61. The Morgan fingerprint density at radius 2 is 2.50 bits per heavy atom. The van der Waals surface area contributed by atoms with Crippen molar-refractivity contribution in [3.63, 3.8) is 0 Å². The lowest BCUT2D eigenvalue weighted by Crippen LogP contribution is -1.98. The predicted molar refractivity (Wildman–Crippen MR) is 53.8 cm³/mol. The minimum atomic E-state index is 0.274. The minimum absolute atomic E-state index is 0.274. The Balaban J connectivity index is 2.53. The van der Waals surface area contributed by atoms with Crippen molar-refractivity contribution in [3.8, 4) is 0 Å². The van der Waals surface area contributed by atoms with Gasteiger partial charge in [0.15, 0.2) is 0 Å². The maximum Gasteiger partial charge on any atom is 0.148 e. The van der Waals surface area contributed by atoms with Crippen molar-refractivity contribution in [2.75, 3.05) is 13.2 Å². The SMILES string of the molecule is C=CCOC/C(C=O)=C\c1ccco1. The van der Waals surface area contributed by atoms with E-state index in [1.807, 2.05) is 0 Å². The number of hydrogen-bond donors (Lipinski definition) is 0. The third-order valence-electron chi connectivity index (χ3n) is 1.53. The predicted octanol–water partition coefficient (Wildman–Crippen LogP) is 2.06. The summed E-state index contributed by atoms with van der Waals surface area (Å²) in [5.74, 6) is 0.648. The summed E-state index contributed by atoms with van der Waals surface area (Å²) in [6.45, 7) is 4.22. The second-order valence-corrected chi connectivity index (χ2v) is 2.66. The van der Waals surface area contributed by atoms with Crippen molar-refractivity contribution in [2.24, 2.45) is 0 Å². The molecule has 0 saturated heterocycles. The Morgan fingerprint density at radius 1 is 1.64 bits per heavy atom. The molecule has 74 valence electrons. The number of carbonyl (C=O) groups is 1. The van der Waals surface area contributed by atoms with Gasteiger partial charge in [-0.3, -0.25) is 4.79 Å². The molecule has 0 fully saturated rings. The minimum Gasteiger partial charge on any atom is -0.465 e. The summed E-state index contributed by atoms with van der Waals surface area (Å²) in [6, 6.07) is 3.54. The van der Waals surface area contributed by atoms with Gasteiger partial charge in [0.1, 0.15) is 12.0 Å². The fourth-order valence-electron chi connectivity index (χ4n) is 0.926. The number of rotatable bonds is 6. The van der Waals surface area contributed by atoms with E-state index in [0.717, 1.165) is 6.29 Å². The Morgan fingerprint density at radius 3 is 3.07 bits per heavy atom. The highest BCUT2D eigenvalue weighted by Crippen LogP contribution is 2.06. The molecule has 0 atom stereocenters. The van der Waals surface area contributed by atoms with Gasteiger partial charge in [0.05, 0.1) is 19.5 Å². The lowest BCUT2D eigenvalue weighted by atomic mass is 10.2. The first-order chi connectivity index (χ1) is 6.86. The molecule has 0 saturated carbocycles. The van der Waals surface area contributed by atoms with Crippen molar-refractivity contribution < 1.29 is 13.9 Å². The molecule has 0 bridgehead atoms.